The van der Waals surface area contributed by atoms with Gasteiger partial charge in [-0.3, -0.25) is 0 Å². The number of hydrogen-bond donors (Lipinski definition) is 1. The van der Waals surface area contributed by atoms with Crippen LogP contribution in [0.3, 0.4) is 0 Å². The van der Waals surface area contributed by atoms with E-state index in [0.717, 1.165) is 6.42 Å². The van der Waals surface area contributed by atoms with E-state index in [1.165, 1.54) is 4.46 Å². The van der Waals surface area contributed by atoms with Gasteiger partial charge in [0.1, 0.15) is 0 Å². The Balaban J connectivity index is 1.88. The van der Waals surface area contributed by atoms with Crippen molar-refractivity contribution in [1.29, 1.82) is 0 Å². The molecule has 1 aliphatic carbocycles. The third-order valence-electron chi connectivity index (χ3n) is 6.26. The number of ether oxygens (including phenoxy) is 1. The van der Waals surface area contributed by atoms with Crippen LogP contribution in [0.2, 0.25) is 22.9 Å². The molecule has 1 saturated carbocycles. The van der Waals surface area contributed by atoms with Crippen LogP contribution in [0, 0.1) is 5.92 Å². The molecule has 0 aromatic heterocycles. The third kappa shape index (κ3) is 4.85. The molecule has 1 aliphatic heterocycles. The molecule has 1 heterocycles. The molecule has 0 unspecified atom stereocenters. The van der Waals surface area contributed by atoms with E-state index in [4.69, 9.17) is 9.16 Å². The molecule has 0 radical (unpaired) electrons. The molecular formula is C21H32O4SeSi. The molecule has 0 bridgehead atoms. The van der Waals surface area contributed by atoms with Gasteiger partial charge in [0.05, 0.1) is 0 Å². The molecule has 0 amide bonds. The van der Waals surface area contributed by atoms with E-state index in [0.29, 0.717) is 12.8 Å². The Kier molecular flexibility index (Phi) is 6.24. The molecular weight excluding hydrogens is 423 g/mol. The zero-order valence-corrected chi connectivity index (χ0v) is 19.7. The SMILES string of the molecule is CC(C)(C)[Si](C)(C)O[C@H]1C[C@H]2CC(=O)O[C@H]2C[C@H](O)[C@H]1[Se]c1ccccc1. The van der Waals surface area contributed by atoms with Gasteiger partial charge in [-0.25, -0.2) is 0 Å². The van der Waals surface area contributed by atoms with Crippen LogP contribution >= 0.6 is 0 Å². The van der Waals surface area contributed by atoms with E-state index in [-0.39, 0.29) is 48.9 Å². The van der Waals surface area contributed by atoms with Gasteiger partial charge in [-0.15, -0.1) is 0 Å². The number of benzene rings is 1. The Labute approximate surface area is 170 Å². The van der Waals surface area contributed by atoms with Gasteiger partial charge in [0.15, 0.2) is 0 Å². The fraction of sp³-hybridized carbons (Fsp3) is 0.667. The van der Waals surface area contributed by atoms with Crippen LogP contribution in [0.15, 0.2) is 30.3 Å². The third-order valence-corrected chi connectivity index (χ3v) is 13.8. The van der Waals surface area contributed by atoms with Gasteiger partial charge in [0.25, 0.3) is 0 Å². The Hall–Kier alpha value is -0.654. The van der Waals surface area contributed by atoms with E-state index in [9.17, 15) is 9.90 Å². The second kappa shape index (κ2) is 8.00. The second-order valence-corrected chi connectivity index (χ2v) is 16.7. The molecule has 1 N–H and O–H groups in total. The quantitative estimate of drug-likeness (QED) is 0.559. The maximum atomic E-state index is 11.8. The van der Waals surface area contributed by atoms with Crippen molar-refractivity contribution in [3.8, 4) is 0 Å². The summed E-state index contributed by atoms with van der Waals surface area (Å²) in [4.78, 5) is 11.9. The van der Waals surface area contributed by atoms with Gasteiger partial charge >= 0.3 is 170 Å². The van der Waals surface area contributed by atoms with Gasteiger partial charge in [-0.2, -0.15) is 0 Å². The average molecular weight is 456 g/mol. The summed E-state index contributed by atoms with van der Waals surface area (Å²) < 4.78 is 13.7. The van der Waals surface area contributed by atoms with Crippen LogP contribution in [0.4, 0.5) is 0 Å². The first-order valence-corrected chi connectivity index (χ1v) is 14.6. The number of fused-ring (bicyclic) bond motifs is 1. The van der Waals surface area contributed by atoms with E-state index in [2.05, 4.69) is 58.1 Å². The minimum atomic E-state index is -1.99. The van der Waals surface area contributed by atoms with Crippen molar-refractivity contribution in [3.63, 3.8) is 0 Å². The summed E-state index contributed by atoms with van der Waals surface area (Å²) in [7, 11) is -1.99. The summed E-state index contributed by atoms with van der Waals surface area (Å²) in [6.45, 7) is 11.3. The molecule has 150 valence electrons. The van der Waals surface area contributed by atoms with Crippen LogP contribution in [0.25, 0.3) is 0 Å². The number of aliphatic hydroxyl groups excluding tert-OH is 1. The van der Waals surface area contributed by atoms with Crippen LogP contribution in [-0.2, 0) is 14.0 Å². The molecule has 2 fully saturated rings. The van der Waals surface area contributed by atoms with E-state index < -0.39 is 14.4 Å². The normalized spacial score (nSPS) is 31.9. The zero-order valence-electron chi connectivity index (χ0n) is 17.0. The van der Waals surface area contributed by atoms with E-state index in [1.54, 1.807) is 0 Å². The van der Waals surface area contributed by atoms with Crippen molar-refractivity contribution in [3.05, 3.63) is 30.3 Å². The van der Waals surface area contributed by atoms with E-state index in [1.807, 2.05) is 6.07 Å². The van der Waals surface area contributed by atoms with Gasteiger partial charge in [-0.1, -0.05) is 0 Å². The number of hydrogen-bond acceptors (Lipinski definition) is 4. The predicted octanol–water partition coefficient (Wildman–Crippen LogP) is 3.28. The van der Waals surface area contributed by atoms with Gasteiger partial charge in [-0.05, 0) is 0 Å². The van der Waals surface area contributed by atoms with Crippen molar-refractivity contribution in [2.75, 3.05) is 0 Å². The Morgan fingerprint density at radius 2 is 1.85 bits per heavy atom. The number of aliphatic hydroxyl groups is 1. The molecule has 1 aromatic carbocycles. The number of carbonyl (C=O) groups is 1. The first kappa shape index (κ1) is 21.1. The van der Waals surface area contributed by atoms with Crippen molar-refractivity contribution in [2.45, 2.75) is 81.3 Å². The molecule has 6 heteroatoms. The molecule has 27 heavy (non-hydrogen) atoms. The van der Waals surface area contributed by atoms with Crippen LogP contribution < -0.4 is 4.46 Å². The molecule has 1 aromatic rings. The Bertz CT molecular complexity index is 658. The van der Waals surface area contributed by atoms with Gasteiger partial charge < -0.3 is 0 Å². The Morgan fingerprint density at radius 1 is 1.19 bits per heavy atom. The maximum absolute atomic E-state index is 11.8. The summed E-state index contributed by atoms with van der Waals surface area (Å²) in [6.07, 6.45) is 1.12. The summed E-state index contributed by atoms with van der Waals surface area (Å²) >= 11 is 0.107. The summed E-state index contributed by atoms with van der Waals surface area (Å²) in [5.41, 5.74) is 0. The van der Waals surface area contributed by atoms with Crippen LogP contribution in [-0.4, -0.2) is 52.7 Å². The van der Waals surface area contributed by atoms with Crippen molar-refractivity contribution < 1.29 is 19.1 Å². The van der Waals surface area contributed by atoms with Crippen molar-refractivity contribution in [1.82, 2.24) is 0 Å². The molecule has 0 spiro atoms. The predicted molar refractivity (Wildman–Crippen MR) is 111 cm³/mol. The zero-order chi connectivity index (χ0) is 19.8. The summed E-state index contributed by atoms with van der Waals surface area (Å²) in [5, 5.41) is 11.2. The topological polar surface area (TPSA) is 55.8 Å². The molecule has 2 aliphatic rings. The number of rotatable bonds is 4. The van der Waals surface area contributed by atoms with Crippen LogP contribution in [0.5, 0.6) is 0 Å². The fourth-order valence-electron chi connectivity index (χ4n) is 3.67. The first-order valence-electron chi connectivity index (χ1n) is 9.84. The van der Waals surface area contributed by atoms with Crippen molar-refractivity contribution >= 4 is 33.7 Å². The average Bonchev–Trinajstić information content (AvgIpc) is 2.85. The summed E-state index contributed by atoms with van der Waals surface area (Å²) in [5.74, 6) is 0.0359. The number of carbonyl (C=O) groups excluding carboxylic acids is 1. The molecule has 1 saturated heterocycles. The standard InChI is InChI=1S/C21H32O4SeSi/c1-21(2,3)27(4,5)25-18-11-14-12-19(23)24-17(14)13-16(22)20(18)26-15-9-7-6-8-10-15/h6-10,14,16-18,20,22H,11-13H2,1-5H3/t14-,16-,17-,18-,20+/m0/s1. The number of esters is 1. The first-order chi connectivity index (χ1) is 12.6. The van der Waals surface area contributed by atoms with Gasteiger partial charge in [0, 0.05) is 0 Å². The Morgan fingerprint density at radius 3 is 2.48 bits per heavy atom. The monoisotopic (exact) mass is 456 g/mol. The molecule has 3 rings (SSSR count). The molecule has 5 atom stereocenters. The fourth-order valence-corrected chi connectivity index (χ4v) is 7.79. The van der Waals surface area contributed by atoms with Crippen LogP contribution in [0.1, 0.15) is 40.0 Å². The second-order valence-electron chi connectivity index (χ2n) is 9.34. The van der Waals surface area contributed by atoms with Crippen molar-refractivity contribution in [2.24, 2.45) is 5.92 Å². The molecule has 4 nitrogen and oxygen atoms in total. The van der Waals surface area contributed by atoms with Gasteiger partial charge in [0.2, 0.25) is 0 Å². The van der Waals surface area contributed by atoms with E-state index >= 15 is 0 Å². The summed E-state index contributed by atoms with van der Waals surface area (Å²) in [6, 6.07) is 10.4. The minimum absolute atomic E-state index is 0.0226.